The van der Waals surface area contributed by atoms with Crippen molar-refractivity contribution < 1.29 is 19.1 Å². The highest BCUT2D eigenvalue weighted by molar-refractivity contribution is 5.89. The second-order valence-corrected chi connectivity index (χ2v) is 4.97. The van der Waals surface area contributed by atoms with Crippen molar-refractivity contribution >= 4 is 17.7 Å². The molecule has 6 nitrogen and oxygen atoms in total. The van der Waals surface area contributed by atoms with E-state index in [1.54, 1.807) is 12.1 Å². The lowest BCUT2D eigenvalue weighted by Gasteiger charge is -2.21. The fraction of sp³-hybridized carbons (Fsp3) is 0.438. The number of hydrazine groups is 1. The van der Waals surface area contributed by atoms with Crippen LogP contribution in [-0.4, -0.2) is 42.9 Å². The van der Waals surface area contributed by atoms with Crippen molar-refractivity contribution in [2.45, 2.75) is 26.7 Å². The van der Waals surface area contributed by atoms with Crippen LogP contribution in [0.1, 0.15) is 36.2 Å². The van der Waals surface area contributed by atoms with Crippen molar-refractivity contribution in [3.63, 3.8) is 0 Å². The standard InChI is InChI=1S/C16H22N2O4/c1-12(19)8-10-17-18(13(2)20)11-9-14-4-6-15(7-5-14)16(21)22-3/h4-7,17H,8-11H2,1-3H3. The number of nitrogens with one attached hydrogen (secondary N) is 1. The average Bonchev–Trinajstić information content (AvgIpc) is 2.49. The van der Waals surface area contributed by atoms with Crippen molar-refractivity contribution in [3.05, 3.63) is 35.4 Å². The van der Waals surface area contributed by atoms with E-state index in [1.807, 2.05) is 12.1 Å². The molecule has 0 heterocycles. The molecule has 0 radical (unpaired) electrons. The minimum absolute atomic E-state index is 0.0781. The van der Waals surface area contributed by atoms with E-state index < -0.39 is 0 Å². The number of ketones is 1. The molecule has 1 aromatic rings. The third kappa shape index (κ3) is 6.05. The molecule has 0 saturated carbocycles. The fourth-order valence-corrected chi connectivity index (χ4v) is 1.88. The van der Waals surface area contributed by atoms with Gasteiger partial charge in [0.25, 0.3) is 0 Å². The summed E-state index contributed by atoms with van der Waals surface area (Å²) in [7, 11) is 1.34. The van der Waals surface area contributed by atoms with Gasteiger partial charge in [-0.15, -0.1) is 0 Å². The summed E-state index contributed by atoms with van der Waals surface area (Å²) < 4.78 is 4.64. The molecule has 0 atom stereocenters. The molecule has 0 saturated heterocycles. The normalized spacial score (nSPS) is 10.1. The van der Waals surface area contributed by atoms with E-state index in [1.165, 1.54) is 26.0 Å². The van der Waals surface area contributed by atoms with Gasteiger partial charge in [0.05, 0.1) is 12.7 Å². The highest BCUT2D eigenvalue weighted by atomic mass is 16.5. The summed E-state index contributed by atoms with van der Waals surface area (Å²) in [5.41, 5.74) is 4.45. The Kier molecular flexibility index (Phi) is 7.25. The molecule has 0 bridgehead atoms. The van der Waals surface area contributed by atoms with E-state index >= 15 is 0 Å². The van der Waals surface area contributed by atoms with Gasteiger partial charge in [-0.25, -0.2) is 10.2 Å². The summed E-state index contributed by atoms with van der Waals surface area (Å²) in [6.45, 7) is 3.92. The zero-order chi connectivity index (χ0) is 16.5. The summed E-state index contributed by atoms with van der Waals surface area (Å²) in [6.07, 6.45) is 1.03. The van der Waals surface area contributed by atoms with Crippen molar-refractivity contribution in [1.82, 2.24) is 10.4 Å². The van der Waals surface area contributed by atoms with Crippen molar-refractivity contribution in [1.29, 1.82) is 0 Å². The van der Waals surface area contributed by atoms with Crippen LogP contribution in [0.15, 0.2) is 24.3 Å². The van der Waals surface area contributed by atoms with Crippen LogP contribution in [0.4, 0.5) is 0 Å². The average molecular weight is 306 g/mol. The topological polar surface area (TPSA) is 75.7 Å². The van der Waals surface area contributed by atoms with Gasteiger partial charge < -0.3 is 4.74 Å². The van der Waals surface area contributed by atoms with E-state index in [4.69, 9.17) is 0 Å². The van der Waals surface area contributed by atoms with E-state index in [0.717, 1.165) is 5.56 Å². The molecule has 1 aromatic carbocycles. The zero-order valence-electron chi connectivity index (χ0n) is 13.2. The maximum atomic E-state index is 11.5. The van der Waals surface area contributed by atoms with Crippen molar-refractivity contribution in [2.75, 3.05) is 20.2 Å². The Morgan fingerprint density at radius 2 is 1.77 bits per heavy atom. The van der Waals surface area contributed by atoms with Crippen molar-refractivity contribution in [3.8, 4) is 0 Å². The predicted octanol–water partition coefficient (Wildman–Crippen LogP) is 1.35. The number of ether oxygens (including phenoxy) is 1. The number of esters is 1. The number of Topliss-reactive ketones (excluding diaryl/α,β-unsaturated/α-hetero) is 1. The Bertz CT molecular complexity index is 525. The Balaban J connectivity index is 2.52. The van der Waals surface area contributed by atoms with Gasteiger partial charge >= 0.3 is 5.97 Å². The van der Waals surface area contributed by atoms with Gasteiger partial charge in [0.1, 0.15) is 5.78 Å². The molecule has 6 heteroatoms. The third-order valence-electron chi connectivity index (χ3n) is 3.16. The quantitative estimate of drug-likeness (QED) is 0.579. The van der Waals surface area contributed by atoms with Crippen LogP contribution in [0.3, 0.4) is 0 Å². The smallest absolute Gasteiger partial charge is 0.337 e. The van der Waals surface area contributed by atoms with Crippen LogP contribution < -0.4 is 5.43 Å². The SMILES string of the molecule is COC(=O)c1ccc(CCN(NCCC(C)=O)C(C)=O)cc1. The first-order valence-corrected chi connectivity index (χ1v) is 7.12. The summed E-state index contributed by atoms with van der Waals surface area (Å²) in [5, 5.41) is 1.50. The maximum Gasteiger partial charge on any atom is 0.337 e. The number of carbonyl (C=O) groups excluding carboxylic acids is 3. The van der Waals surface area contributed by atoms with Gasteiger partial charge in [0.2, 0.25) is 5.91 Å². The van der Waals surface area contributed by atoms with Gasteiger partial charge in [0, 0.05) is 26.4 Å². The molecule has 0 aliphatic heterocycles. The largest absolute Gasteiger partial charge is 0.465 e. The van der Waals surface area contributed by atoms with Crippen LogP contribution in [-0.2, 0) is 20.7 Å². The summed E-state index contributed by atoms with van der Waals surface area (Å²) in [6, 6.07) is 7.06. The van der Waals surface area contributed by atoms with Crippen LogP contribution in [0, 0.1) is 0 Å². The van der Waals surface area contributed by atoms with Crippen LogP contribution >= 0.6 is 0 Å². The third-order valence-corrected chi connectivity index (χ3v) is 3.16. The number of amides is 1. The molecule has 0 fully saturated rings. The van der Waals surface area contributed by atoms with Crippen LogP contribution in [0.5, 0.6) is 0 Å². The first kappa shape index (κ1) is 17.8. The first-order chi connectivity index (χ1) is 10.4. The van der Waals surface area contributed by atoms with E-state index in [2.05, 4.69) is 10.2 Å². The highest BCUT2D eigenvalue weighted by Crippen LogP contribution is 2.07. The summed E-state index contributed by atoms with van der Waals surface area (Å²) in [4.78, 5) is 33.8. The lowest BCUT2D eigenvalue weighted by atomic mass is 10.1. The van der Waals surface area contributed by atoms with Crippen LogP contribution in [0.25, 0.3) is 0 Å². The number of nitrogens with zero attached hydrogens (tertiary/aromatic N) is 1. The molecule has 1 N–H and O–H groups in total. The second kappa shape index (κ2) is 8.94. The molecule has 0 spiro atoms. The molecular formula is C16H22N2O4. The fourth-order valence-electron chi connectivity index (χ4n) is 1.88. The molecule has 120 valence electrons. The zero-order valence-corrected chi connectivity index (χ0v) is 13.2. The van der Waals surface area contributed by atoms with E-state index in [-0.39, 0.29) is 17.7 Å². The number of rotatable bonds is 8. The number of carbonyl (C=O) groups is 3. The van der Waals surface area contributed by atoms with Crippen molar-refractivity contribution in [2.24, 2.45) is 0 Å². The molecular weight excluding hydrogens is 284 g/mol. The summed E-state index contributed by atoms with van der Waals surface area (Å²) >= 11 is 0. The molecule has 1 amide bonds. The molecule has 0 unspecified atom stereocenters. The number of methoxy groups -OCH3 is 1. The molecule has 0 aromatic heterocycles. The molecule has 0 aliphatic rings. The Hall–Kier alpha value is -2.21. The molecule has 1 rings (SSSR count). The Morgan fingerprint density at radius 1 is 1.14 bits per heavy atom. The molecule has 22 heavy (non-hydrogen) atoms. The molecule has 0 aliphatic carbocycles. The number of benzene rings is 1. The Labute approximate surface area is 130 Å². The monoisotopic (exact) mass is 306 g/mol. The predicted molar refractivity (Wildman–Crippen MR) is 82.2 cm³/mol. The van der Waals surface area contributed by atoms with Gasteiger partial charge in [-0.2, -0.15) is 0 Å². The van der Waals surface area contributed by atoms with Gasteiger partial charge in [-0.05, 0) is 31.0 Å². The second-order valence-electron chi connectivity index (χ2n) is 4.97. The van der Waals surface area contributed by atoms with E-state index in [9.17, 15) is 14.4 Å². The summed E-state index contributed by atoms with van der Waals surface area (Å²) in [5.74, 6) is -0.396. The minimum Gasteiger partial charge on any atom is -0.465 e. The van der Waals surface area contributed by atoms with Gasteiger partial charge in [-0.1, -0.05) is 12.1 Å². The number of hydrogen-bond donors (Lipinski definition) is 1. The van der Waals surface area contributed by atoms with E-state index in [0.29, 0.717) is 31.5 Å². The van der Waals surface area contributed by atoms with Gasteiger partial charge in [-0.3, -0.25) is 14.6 Å². The maximum absolute atomic E-state index is 11.5. The minimum atomic E-state index is -0.372. The Morgan fingerprint density at radius 3 is 2.27 bits per heavy atom. The first-order valence-electron chi connectivity index (χ1n) is 7.12. The number of hydrogen-bond acceptors (Lipinski definition) is 5. The lowest BCUT2D eigenvalue weighted by Crippen LogP contribution is -2.43. The lowest BCUT2D eigenvalue weighted by molar-refractivity contribution is -0.132. The van der Waals surface area contributed by atoms with Crippen LogP contribution in [0.2, 0.25) is 0 Å². The van der Waals surface area contributed by atoms with Gasteiger partial charge in [0.15, 0.2) is 0 Å². The highest BCUT2D eigenvalue weighted by Gasteiger charge is 2.09.